The van der Waals surface area contributed by atoms with E-state index < -0.39 is 0 Å². The van der Waals surface area contributed by atoms with Crippen LogP contribution >= 0.6 is 0 Å². The molecule has 2 rings (SSSR count). The van der Waals surface area contributed by atoms with Crippen molar-refractivity contribution in [3.05, 3.63) is 22.2 Å². The van der Waals surface area contributed by atoms with Crippen LogP contribution in [0.15, 0.2) is 10.9 Å². The zero-order valence-corrected chi connectivity index (χ0v) is 11.8. The van der Waals surface area contributed by atoms with E-state index in [1.807, 2.05) is 13.8 Å². The number of nitrogens with one attached hydrogen (secondary N) is 1. The van der Waals surface area contributed by atoms with Crippen LogP contribution in [0.5, 0.6) is 0 Å². The highest BCUT2D eigenvalue weighted by molar-refractivity contribution is 5.78. The second-order valence-corrected chi connectivity index (χ2v) is 5.52. The molecule has 104 valence electrons. The Kier molecular flexibility index (Phi) is 4.02. The maximum Gasteiger partial charge on any atom is 0.252 e. The molecule has 5 heteroatoms. The van der Waals surface area contributed by atoms with Crippen LogP contribution in [0.1, 0.15) is 45.4 Å². The van der Waals surface area contributed by atoms with Crippen LogP contribution in [0.2, 0.25) is 0 Å². The summed E-state index contributed by atoms with van der Waals surface area (Å²) in [5, 5.41) is 0. The van der Waals surface area contributed by atoms with Crippen LogP contribution in [0.3, 0.4) is 0 Å². The predicted octanol–water partition coefficient (Wildman–Crippen LogP) is 1.70. The lowest BCUT2D eigenvalue weighted by atomic mass is 9.93. The predicted molar refractivity (Wildman–Crippen MR) is 74.6 cm³/mol. The lowest BCUT2D eigenvalue weighted by Crippen LogP contribution is -2.37. The van der Waals surface area contributed by atoms with E-state index in [9.17, 15) is 9.59 Å². The summed E-state index contributed by atoms with van der Waals surface area (Å²) in [4.78, 5) is 32.4. The molecule has 1 aliphatic heterocycles. The molecule has 1 aromatic rings. The molecule has 2 heterocycles. The van der Waals surface area contributed by atoms with Gasteiger partial charge in [-0.25, -0.2) is 4.98 Å². The van der Waals surface area contributed by atoms with Crippen molar-refractivity contribution in [1.29, 1.82) is 0 Å². The summed E-state index contributed by atoms with van der Waals surface area (Å²) < 4.78 is 0. The minimum absolute atomic E-state index is 0.109. The first-order valence-electron chi connectivity index (χ1n) is 6.84. The average molecular weight is 263 g/mol. The largest absolute Gasteiger partial charge is 0.356 e. The normalized spacial score (nSPS) is 16.9. The van der Waals surface area contributed by atoms with Crippen molar-refractivity contribution in [2.75, 3.05) is 18.0 Å². The Hall–Kier alpha value is -1.65. The topological polar surface area (TPSA) is 66.1 Å². The summed E-state index contributed by atoms with van der Waals surface area (Å²) in [6, 6.07) is 1.54. The van der Waals surface area contributed by atoms with Gasteiger partial charge in [0.05, 0.1) is 0 Å². The molecule has 1 aromatic heterocycles. The van der Waals surface area contributed by atoms with Crippen molar-refractivity contribution in [3.63, 3.8) is 0 Å². The number of anilines is 1. The number of ketones is 1. The summed E-state index contributed by atoms with van der Waals surface area (Å²) in [6.07, 6.45) is 1.70. The first kappa shape index (κ1) is 13.8. The van der Waals surface area contributed by atoms with E-state index in [-0.39, 0.29) is 23.2 Å². The van der Waals surface area contributed by atoms with Gasteiger partial charge >= 0.3 is 0 Å². The summed E-state index contributed by atoms with van der Waals surface area (Å²) in [5.74, 6) is 2.08. The van der Waals surface area contributed by atoms with E-state index in [0.717, 1.165) is 37.6 Å². The summed E-state index contributed by atoms with van der Waals surface area (Å²) in [6.45, 7) is 7.24. The molecule has 1 N–H and O–H groups in total. The zero-order chi connectivity index (χ0) is 14.0. The van der Waals surface area contributed by atoms with Crippen molar-refractivity contribution >= 4 is 11.6 Å². The van der Waals surface area contributed by atoms with Gasteiger partial charge in [-0.1, -0.05) is 13.8 Å². The van der Waals surface area contributed by atoms with Crippen molar-refractivity contribution in [2.24, 2.45) is 5.92 Å². The van der Waals surface area contributed by atoms with Gasteiger partial charge in [0.25, 0.3) is 5.56 Å². The fourth-order valence-electron chi connectivity index (χ4n) is 2.41. The van der Waals surface area contributed by atoms with Gasteiger partial charge in [-0.05, 0) is 19.8 Å². The Bertz CT molecular complexity index is 514. The number of carbonyl (C=O) groups is 1. The molecule has 0 spiro atoms. The van der Waals surface area contributed by atoms with Crippen LogP contribution < -0.4 is 10.5 Å². The Morgan fingerprint density at radius 1 is 1.42 bits per heavy atom. The number of hydrogen-bond donors (Lipinski definition) is 1. The van der Waals surface area contributed by atoms with Crippen LogP contribution in [0.25, 0.3) is 0 Å². The third kappa shape index (κ3) is 3.22. The molecule has 5 nitrogen and oxygen atoms in total. The van der Waals surface area contributed by atoms with Gasteiger partial charge < -0.3 is 9.88 Å². The first-order chi connectivity index (χ1) is 8.97. The molecular weight excluding hydrogens is 242 g/mol. The molecule has 0 amide bonds. The Labute approximate surface area is 113 Å². The quantitative estimate of drug-likeness (QED) is 0.901. The fourth-order valence-corrected chi connectivity index (χ4v) is 2.41. The summed E-state index contributed by atoms with van der Waals surface area (Å²) in [5.41, 5.74) is -0.109. The molecule has 19 heavy (non-hydrogen) atoms. The highest BCUT2D eigenvalue weighted by Gasteiger charge is 2.23. The first-order valence-corrected chi connectivity index (χ1v) is 6.84. The number of H-pyrrole nitrogens is 1. The molecule has 0 saturated carbocycles. The number of rotatable bonds is 3. The van der Waals surface area contributed by atoms with Crippen LogP contribution in [-0.2, 0) is 4.79 Å². The lowest BCUT2D eigenvalue weighted by molar-refractivity contribution is -0.121. The number of carbonyl (C=O) groups excluding carboxylic acids is 1. The maximum absolute atomic E-state index is 11.7. The molecule has 0 bridgehead atoms. The minimum atomic E-state index is -0.109. The van der Waals surface area contributed by atoms with E-state index in [4.69, 9.17) is 0 Å². The minimum Gasteiger partial charge on any atom is -0.356 e. The number of aromatic amines is 1. The third-order valence-corrected chi connectivity index (χ3v) is 3.69. The number of aromatic nitrogens is 2. The van der Waals surface area contributed by atoms with Gasteiger partial charge in [-0.15, -0.1) is 0 Å². The van der Waals surface area contributed by atoms with Crippen LogP contribution in [0.4, 0.5) is 5.82 Å². The molecule has 1 saturated heterocycles. The van der Waals surface area contributed by atoms with E-state index in [0.29, 0.717) is 0 Å². The monoisotopic (exact) mass is 263 g/mol. The van der Waals surface area contributed by atoms with Crippen molar-refractivity contribution in [2.45, 2.75) is 39.5 Å². The molecule has 0 unspecified atom stereocenters. The molecule has 1 aliphatic rings. The van der Waals surface area contributed by atoms with E-state index in [2.05, 4.69) is 14.9 Å². The average Bonchev–Trinajstić information content (AvgIpc) is 2.38. The lowest BCUT2D eigenvalue weighted by Gasteiger charge is -2.31. The van der Waals surface area contributed by atoms with Crippen molar-refractivity contribution in [3.8, 4) is 0 Å². The number of Topliss-reactive ketones (excluding diaryl/α,β-unsaturated/α-hetero) is 1. The standard InChI is InChI=1S/C14H21N3O2/c1-9(2)14-15-12(8-13(19)16-14)17-6-4-11(5-7-17)10(3)18/h8-9,11H,4-7H2,1-3H3,(H,15,16,19). The van der Waals surface area contributed by atoms with Gasteiger partial charge in [-0.3, -0.25) is 9.59 Å². The molecular formula is C14H21N3O2. The van der Waals surface area contributed by atoms with Gasteiger partial charge in [0.1, 0.15) is 17.4 Å². The third-order valence-electron chi connectivity index (χ3n) is 3.69. The van der Waals surface area contributed by atoms with Crippen molar-refractivity contribution < 1.29 is 4.79 Å². The summed E-state index contributed by atoms with van der Waals surface area (Å²) in [7, 11) is 0. The van der Waals surface area contributed by atoms with Crippen LogP contribution in [0, 0.1) is 5.92 Å². The highest BCUT2D eigenvalue weighted by Crippen LogP contribution is 2.22. The number of hydrogen-bond acceptors (Lipinski definition) is 4. The number of piperidine rings is 1. The summed E-state index contributed by atoms with van der Waals surface area (Å²) >= 11 is 0. The SMILES string of the molecule is CC(=O)C1CCN(c2cc(=O)[nH]c(C(C)C)n2)CC1. The molecule has 0 aliphatic carbocycles. The number of nitrogens with zero attached hydrogens (tertiary/aromatic N) is 2. The second kappa shape index (κ2) is 5.55. The van der Waals surface area contributed by atoms with E-state index in [1.165, 1.54) is 0 Å². The Morgan fingerprint density at radius 2 is 2.05 bits per heavy atom. The van der Waals surface area contributed by atoms with Gasteiger partial charge in [0, 0.05) is 31.0 Å². The van der Waals surface area contributed by atoms with Gasteiger partial charge in [0.15, 0.2) is 0 Å². The van der Waals surface area contributed by atoms with Gasteiger partial charge in [-0.2, -0.15) is 0 Å². The highest BCUT2D eigenvalue weighted by atomic mass is 16.1. The molecule has 1 fully saturated rings. The van der Waals surface area contributed by atoms with E-state index >= 15 is 0 Å². The molecule has 0 atom stereocenters. The van der Waals surface area contributed by atoms with Gasteiger partial charge in [0.2, 0.25) is 0 Å². The smallest absolute Gasteiger partial charge is 0.252 e. The van der Waals surface area contributed by atoms with Crippen molar-refractivity contribution in [1.82, 2.24) is 9.97 Å². The zero-order valence-electron chi connectivity index (χ0n) is 11.8. The van der Waals surface area contributed by atoms with Crippen LogP contribution in [-0.4, -0.2) is 28.8 Å². The maximum atomic E-state index is 11.7. The van der Waals surface area contributed by atoms with E-state index in [1.54, 1.807) is 13.0 Å². The second-order valence-electron chi connectivity index (χ2n) is 5.52. The molecule has 0 aromatic carbocycles. The fraction of sp³-hybridized carbons (Fsp3) is 0.643. The Balaban J connectivity index is 2.15. The Morgan fingerprint density at radius 3 is 2.58 bits per heavy atom. The molecule has 0 radical (unpaired) electrons.